The summed E-state index contributed by atoms with van der Waals surface area (Å²) in [6.45, 7) is 5.97. The molecule has 5 heteroatoms. The number of carbonyl (C=O) groups excluding carboxylic acids is 1. The zero-order chi connectivity index (χ0) is 11.1. The maximum atomic E-state index is 10.8. The molecular weight excluding hydrogens is 194 g/mol. The van der Waals surface area contributed by atoms with Crippen LogP contribution in [0.1, 0.15) is 26.2 Å². The molecule has 0 saturated carbocycles. The third kappa shape index (κ3) is 5.11. The first kappa shape index (κ1) is 12.4. The van der Waals surface area contributed by atoms with Crippen LogP contribution in [0.15, 0.2) is 0 Å². The zero-order valence-electron chi connectivity index (χ0n) is 9.37. The van der Waals surface area contributed by atoms with Gasteiger partial charge < -0.3 is 4.74 Å². The molecule has 0 aromatic rings. The number of nitrogens with zero attached hydrogens (tertiary/aromatic N) is 1. The van der Waals surface area contributed by atoms with Gasteiger partial charge in [-0.1, -0.05) is 0 Å². The molecule has 0 aliphatic carbocycles. The Labute approximate surface area is 90.9 Å². The van der Waals surface area contributed by atoms with Gasteiger partial charge in [0.15, 0.2) is 0 Å². The van der Waals surface area contributed by atoms with E-state index in [1.165, 1.54) is 0 Å². The van der Waals surface area contributed by atoms with Crippen molar-refractivity contribution in [2.75, 3.05) is 26.2 Å². The molecule has 1 fully saturated rings. The maximum absolute atomic E-state index is 10.8. The molecule has 0 spiro atoms. The number of unbranched alkanes of at least 4 members (excludes halogenated alkanes) is 1. The second-order valence-corrected chi connectivity index (χ2v) is 4.01. The van der Waals surface area contributed by atoms with E-state index >= 15 is 0 Å². The summed E-state index contributed by atoms with van der Waals surface area (Å²) in [6, 6.07) is 0. The molecule has 0 aromatic carbocycles. The second-order valence-electron chi connectivity index (χ2n) is 4.01. The van der Waals surface area contributed by atoms with Crippen LogP contribution in [0.3, 0.4) is 0 Å². The van der Waals surface area contributed by atoms with E-state index in [1.807, 2.05) is 0 Å². The Bertz CT molecular complexity index is 199. The minimum absolute atomic E-state index is 0.0784. The molecule has 3 N–H and O–H groups in total. The normalized spacial score (nSPS) is 22.7. The standard InChI is InChI=1S/C10H21N3O2/c1-9-8-13(6-7-15-9)5-3-2-4-10(14)12-11/h9H,2-8,11H2,1H3,(H,12,14). The van der Waals surface area contributed by atoms with Gasteiger partial charge >= 0.3 is 0 Å². The highest BCUT2D eigenvalue weighted by molar-refractivity contribution is 5.75. The van der Waals surface area contributed by atoms with Crippen LogP contribution in [0, 0.1) is 0 Å². The Morgan fingerprint density at radius 1 is 1.60 bits per heavy atom. The lowest BCUT2D eigenvalue weighted by molar-refractivity contribution is -0.121. The fraction of sp³-hybridized carbons (Fsp3) is 0.900. The average molecular weight is 215 g/mol. The molecule has 1 amide bonds. The Morgan fingerprint density at radius 3 is 3.07 bits per heavy atom. The molecule has 5 nitrogen and oxygen atoms in total. The number of rotatable bonds is 5. The van der Waals surface area contributed by atoms with Crippen LogP contribution < -0.4 is 11.3 Å². The van der Waals surface area contributed by atoms with Crippen LogP contribution in [0.2, 0.25) is 0 Å². The Kier molecular flexibility index (Phi) is 5.60. The maximum Gasteiger partial charge on any atom is 0.233 e. The van der Waals surface area contributed by atoms with E-state index < -0.39 is 0 Å². The van der Waals surface area contributed by atoms with Crippen LogP contribution in [0.4, 0.5) is 0 Å². The average Bonchev–Trinajstić information content (AvgIpc) is 2.24. The SMILES string of the molecule is CC1CN(CCCCC(=O)NN)CCO1. The van der Waals surface area contributed by atoms with Crippen molar-refractivity contribution in [2.24, 2.45) is 5.84 Å². The summed E-state index contributed by atoms with van der Waals surface area (Å²) in [4.78, 5) is 13.2. The van der Waals surface area contributed by atoms with Gasteiger partial charge in [-0.3, -0.25) is 15.1 Å². The molecule has 88 valence electrons. The zero-order valence-corrected chi connectivity index (χ0v) is 9.37. The van der Waals surface area contributed by atoms with Crippen molar-refractivity contribution in [1.29, 1.82) is 0 Å². The largest absolute Gasteiger partial charge is 0.376 e. The Balaban J connectivity index is 2.02. The van der Waals surface area contributed by atoms with Crippen LogP contribution in [0.5, 0.6) is 0 Å². The molecular formula is C10H21N3O2. The Hall–Kier alpha value is -0.650. The second kappa shape index (κ2) is 6.76. The molecule has 1 rings (SSSR count). The van der Waals surface area contributed by atoms with Crippen molar-refractivity contribution in [3.8, 4) is 0 Å². The van der Waals surface area contributed by atoms with Crippen LogP contribution in [-0.2, 0) is 9.53 Å². The lowest BCUT2D eigenvalue weighted by atomic mass is 10.2. The van der Waals surface area contributed by atoms with Crippen LogP contribution in [0.25, 0.3) is 0 Å². The predicted octanol–water partition coefficient (Wildman–Crippen LogP) is -0.133. The van der Waals surface area contributed by atoms with Gasteiger partial charge in [0.2, 0.25) is 5.91 Å². The number of hydrogen-bond donors (Lipinski definition) is 2. The molecule has 1 atom stereocenters. The van der Waals surface area contributed by atoms with E-state index in [-0.39, 0.29) is 5.91 Å². The predicted molar refractivity (Wildman–Crippen MR) is 58.0 cm³/mol. The van der Waals surface area contributed by atoms with Gasteiger partial charge in [-0.2, -0.15) is 0 Å². The van der Waals surface area contributed by atoms with E-state index in [9.17, 15) is 4.79 Å². The van der Waals surface area contributed by atoms with Crippen molar-refractivity contribution < 1.29 is 9.53 Å². The summed E-state index contributed by atoms with van der Waals surface area (Å²) in [5.74, 6) is 4.91. The number of ether oxygens (including phenoxy) is 1. The van der Waals surface area contributed by atoms with Crippen molar-refractivity contribution in [3.63, 3.8) is 0 Å². The first-order valence-corrected chi connectivity index (χ1v) is 5.56. The van der Waals surface area contributed by atoms with Crippen molar-refractivity contribution in [2.45, 2.75) is 32.3 Å². The molecule has 0 aromatic heterocycles. The summed E-state index contributed by atoms with van der Waals surface area (Å²) in [5.41, 5.74) is 2.14. The molecule has 1 aliphatic heterocycles. The molecule has 1 unspecified atom stereocenters. The monoisotopic (exact) mass is 215 g/mol. The fourth-order valence-electron chi connectivity index (χ4n) is 1.79. The molecule has 0 bridgehead atoms. The topological polar surface area (TPSA) is 67.6 Å². The van der Waals surface area contributed by atoms with Gasteiger partial charge in [0, 0.05) is 19.5 Å². The summed E-state index contributed by atoms with van der Waals surface area (Å²) >= 11 is 0. The first-order chi connectivity index (χ1) is 7.22. The van der Waals surface area contributed by atoms with E-state index in [2.05, 4.69) is 17.2 Å². The number of carbonyl (C=O) groups is 1. The highest BCUT2D eigenvalue weighted by atomic mass is 16.5. The fourth-order valence-corrected chi connectivity index (χ4v) is 1.79. The highest BCUT2D eigenvalue weighted by Gasteiger charge is 2.15. The molecule has 0 radical (unpaired) electrons. The number of morpholine rings is 1. The number of hydrogen-bond acceptors (Lipinski definition) is 4. The van der Waals surface area contributed by atoms with Crippen molar-refractivity contribution in [3.05, 3.63) is 0 Å². The molecule has 1 aliphatic rings. The van der Waals surface area contributed by atoms with Crippen molar-refractivity contribution >= 4 is 5.91 Å². The highest BCUT2D eigenvalue weighted by Crippen LogP contribution is 2.06. The first-order valence-electron chi connectivity index (χ1n) is 5.56. The number of nitrogens with two attached hydrogens (primary N) is 1. The Morgan fingerprint density at radius 2 is 2.40 bits per heavy atom. The lowest BCUT2D eigenvalue weighted by Crippen LogP contribution is -2.41. The summed E-state index contributed by atoms with van der Waals surface area (Å²) in [6.07, 6.45) is 2.80. The van der Waals surface area contributed by atoms with Crippen molar-refractivity contribution in [1.82, 2.24) is 10.3 Å². The molecule has 1 heterocycles. The molecule has 15 heavy (non-hydrogen) atoms. The van der Waals surface area contributed by atoms with Gasteiger partial charge in [-0.25, -0.2) is 5.84 Å². The van der Waals surface area contributed by atoms with Gasteiger partial charge in [-0.05, 0) is 26.3 Å². The van der Waals surface area contributed by atoms with Crippen LogP contribution >= 0.6 is 0 Å². The van der Waals surface area contributed by atoms with Gasteiger partial charge in [0.1, 0.15) is 0 Å². The number of hydrazine groups is 1. The third-order valence-electron chi connectivity index (χ3n) is 2.61. The minimum Gasteiger partial charge on any atom is -0.376 e. The summed E-state index contributed by atoms with van der Waals surface area (Å²) < 4.78 is 5.45. The quantitative estimate of drug-likeness (QED) is 0.290. The summed E-state index contributed by atoms with van der Waals surface area (Å²) in [5, 5.41) is 0. The van der Waals surface area contributed by atoms with E-state index in [0.29, 0.717) is 12.5 Å². The third-order valence-corrected chi connectivity index (χ3v) is 2.61. The molecule has 1 saturated heterocycles. The van der Waals surface area contributed by atoms with Gasteiger partial charge in [0.25, 0.3) is 0 Å². The number of amides is 1. The van der Waals surface area contributed by atoms with Crippen LogP contribution in [-0.4, -0.2) is 43.2 Å². The minimum atomic E-state index is -0.0784. The van der Waals surface area contributed by atoms with E-state index in [0.717, 1.165) is 39.1 Å². The smallest absolute Gasteiger partial charge is 0.233 e. The van der Waals surface area contributed by atoms with Gasteiger partial charge in [0.05, 0.1) is 12.7 Å². The number of nitrogens with one attached hydrogen (secondary N) is 1. The lowest BCUT2D eigenvalue weighted by Gasteiger charge is -2.30. The summed E-state index contributed by atoms with van der Waals surface area (Å²) in [7, 11) is 0. The van der Waals surface area contributed by atoms with Gasteiger partial charge in [-0.15, -0.1) is 0 Å². The van der Waals surface area contributed by atoms with E-state index in [1.54, 1.807) is 0 Å². The van der Waals surface area contributed by atoms with E-state index in [4.69, 9.17) is 10.6 Å².